The molecule has 3 N–H and O–H groups in total. The van der Waals surface area contributed by atoms with E-state index in [2.05, 4.69) is 15.6 Å². The second-order valence-corrected chi connectivity index (χ2v) is 6.26. The van der Waals surface area contributed by atoms with E-state index in [1.165, 1.54) is 11.3 Å². The fraction of sp³-hybridized carbons (Fsp3) is 0.375. The minimum absolute atomic E-state index is 0.152. The molecule has 0 aliphatic rings. The number of thiazole rings is 1. The van der Waals surface area contributed by atoms with Crippen LogP contribution in [0.5, 0.6) is 0 Å². The normalized spacial score (nSPS) is 13.4. The zero-order valence-corrected chi connectivity index (χ0v) is 13.6. The van der Waals surface area contributed by atoms with Crippen molar-refractivity contribution < 1.29 is 9.90 Å². The summed E-state index contributed by atoms with van der Waals surface area (Å²) in [5, 5.41) is 16.3. The summed E-state index contributed by atoms with van der Waals surface area (Å²) in [4.78, 5) is 17.2. The van der Waals surface area contributed by atoms with Gasteiger partial charge in [0.25, 0.3) is 0 Å². The lowest BCUT2D eigenvalue weighted by Gasteiger charge is -2.18. The Morgan fingerprint density at radius 1 is 1.36 bits per heavy atom. The van der Waals surface area contributed by atoms with Crippen LogP contribution in [0, 0.1) is 0 Å². The van der Waals surface area contributed by atoms with Gasteiger partial charge in [-0.25, -0.2) is 9.78 Å². The first-order valence-corrected chi connectivity index (χ1v) is 8.15. The van der Waals surface area contributed by atoms with E-state index in [1.54, 1.807) is 6.20 Å². The maximum atomic E-state index is 11.9. The van der Waals surface area contributed by atoms with Crippen LogP contribution in [0.4, 0.5) is 9.93 Å². The van der Waals surface area contributed by atoms with E-state index < -0.39 is 6.10 Å². The third kappa shape index (κ3) is 4.82. The van der Waals surface area contributed by atoms with Gasteiger partial charge in [-0.15, -0.1) is 11.3 Å². The molecular formula is C16H21N3O2S. The Kier molecular flexibility index (Phi) is 5.91. The van der Waals surface area contributed by atoms with Crippen LogP contribution in [0.1, 0.15) is 36.8 Å². The SMILES string of the molecule is CCc1cnc(NC(=O)NC(C)CC(O)c2ccccc2)s1. The molecule has 118 valence electrons. The molecule has 0 fully saturated rings. The largest absolute Gasteiger partial charge is 0.388 e. The Balaban J connectivity index is 1.81. The van der Waals surface area contributed by atoms with Crippen molar-refractivity contribution in [2.75, 3.05) is 5.32 Å². The number of amides is 2. The number of anilines is 1. The van der Waals surface area contributed by atoms with Gasteiger partial charge in [-0.1, -0.05) is 37.3 Å². The summed E-state index contributed by atoms with van der Waals surface area (Å²) in [5.74, 6) is 0. The molecule has 0 saturated carbocycles. The van der Waals surface area contributed by atoms with Crippen molar-refractivity contribution in [2.45, 2.75) is 38.8 Å². The van der Waals surface area contributed by atoms with Gasteiger partial charge >= 0.3 is 6.03 Å². The second kappa shape index (κ2) is 7.91. The number of aliphatic hydroxyl groups is 1. The van der Waals surface area contributed by atoms with Crippen LogP contribution in [0.15, 0.2) is 36.5 Å². The van der Waals surface area contributed by atoms with Gasteiger partial charge in [-0.2, -0.15) is 0 Å². The third-order valence-electron chi connectivity index (χ3n) is 3.26. The quantitative estimate of drug-likeness (QED) is 0.764. The van der Waals surface area contributed by atoms with Crippen LogP contribution < -0.4 is 10.6 Å². The second-order valence-electron chi connectivity index (χ2n) is 5.15. The van der Waals surface area contributed by atoms with Crippen molar-refractivity contribution in [2.24, 2.45) is 0 Å². The average Bonchev–Trinajstić information content (AvgIpc) is 2.95. The molecule has 2 amide bonds. The van der Waals surface area contributed by atoms with E-state index in [1.807, 2.05) is 44.2 Å². The number of carbonyl (C=O) groups excluding carboxylic acids is 1. The average molecular weight is 319 g/mol. The molecular weight excluding hydrogens is 298 g/mol. The number of urea groups is 1. The Morgan fingerprint density at radius 3 is 2.73 bits per heavy atom. The maximum Gasteiger partial charge on any atom is 0.321 e. The third-order valence-corrected chi connectivity index (χ3v) is 4.32. The molecule has 2 rings (SSSR count). The topological polar surface area (TPSA) is 74.2 Å². The number of nitrogens with zero attached hydrogens (tertiary/aromatic N) is 1. The van der Waals surface area contributed by atoms with Gasteiger partial charge in [-0.3, -0.25) is 5.32 Å². The first-order chi connectivity index (χ1) is 10.6. The summed E-state index contributed by atoms with van der Waals surface area (Å²) < 4.78 is 0. The summed E-state index contributed by atoms with van der Waals surface area (Å²) in [6.07, 6.45) is 2.53. The maximum absolute atomic E-state index is 11.9. The summed E-state index contributed by atoms with van der Waals surface area (Å²) >= 11 is 1.47. The number of nitrogens with one attached hydrogen (secondary N) is 2. The van der Waals surface area contributed by atoms with Crippen LogP contribution in [0.25, 0.3) is 0 Å². The number of carbonyl (C=O) groups is 1. The standard InChI is InChI=1S/C16H21N3O2S/c1-3-13-10-17-16(22-13)19-15(21)18-11(2)9-14(20)12-7-5-4-6-8-12/h4-8,10-11,14,20H,3,9H2,1-2H3,(H2,17,18,19,21). The van der Waals surface area contributed by atoms with Gasteiger partial charge in [0.15, 0.2) is 5.13 Å². The smallest absolute Gasteiger partial charge is 0.321 e. The van der Waals surface area contributed by atoms with E-state index in [4.69, 9.17) is 0 Å². The molecule has 0 spiro atoms. The molecule has 1 aromatic carbocycles. The van der Waals surface area contributed by atoms with Crippen LogP contribution in [-0.4, -0.2) is 22.2 Å². The molecule has 0 aliphatic carbocycles. The van der Waals surface area contributed by atoms with Gasteiger partial charge in [0.1, 0.15) is 0 Å². The van der Waals surface area contributed by atoms with E-state index >= 15 is 0 Å². The first kappa shape index (κ1) is 16.5. The van der Waals surface area contributed by atoms with E-state index in [9.17, 15) is 9.90 Å². The van der Waals surface area contributed by atoms with E-state index in [-0.39, 0.29) is 12.1 Å². The van der Waals surface area contributed by atoms with Crippen molar-refractivity contribution in [1.29, 1.82) is 0 Å². The molecule has 2 aromatic rings. The molecule has 0 bridgehead atoms. The molecule has 1 heterocycles. The minimum atomic E-state index is -0.594. The number of hydrogen-bond acceptors (Lipinski definition) is 4. The highest BCUT2D eigenvalue weighted by atomic mass is 32.1. The summed E-state index contributed by atoms with van der Waals surface area (Å²) in [7, 11) is 0. The van der Waals surface area contributed by atoms with Crippen LogP contribution in [-0.2, 0) is 6.42 Å². The lowest BCUT2D eigenvalue weighted by atomic mass is 10.0. The highest BCUT2D eigenvalue weighted by Crippen LogP contribution is 2.19. The van der Waals surface area contributed by atoms with Crippen molar-refractivity contribution >= 4 is 22.5 Å². The van der Waals surface area contributed by atoms with Gasteiger partial charge in [-0.05, 0) is 25.3 Å². The lowest BCUT2D eigenvalue weighted by Crippen LogP contribution is -2.37. The first-order valence-electron chi connectivity index (χ1n) is 7.33. The van der Waals surface area contributed by atoms with Crippen molar-refractivity contribution in [3.63, 3.8) is 0 Å². The molecule has 0 saturated heterocycles. The van der Waals surface area contributed by atoms with E-state index in [0.29, 0.717) is 11.6 Å². The zero-order chi connectivity index (χ0) is 15.9. The predicted octanol–water partition coefficient (Wildman–Crippen LogP) is 3.34. The molecule has 2 unspecified atom stereocenters. The van der Waals surface area contributed by atoms with Gasteiger partial charge in [0.2, 0.25) is 0 Å². The number of aliphatic hydroxyl groups excluding tert-OH is 1. The van der Waals surface area contributed by atoms with Gasteiger partial charge in [0, 0.05) is 17.1 Å². The summed E-state index contributed by atoms with van der Waals surface area (Å²) in [5.41, 5.74) is 0.851. The number of hydrogen-bond donors (Lipinski definition) is 3. The summed E-state index contributed by atoms with van der Waals surface area (Å²) in [6.45, 7) is 3.91. The minimum Gasteiger partial charge on any atom is -0.388 e. The summed E-state index contributed by atoms with van der Waals surface area (Å²) in [6, 6.07) is 8.97. The van der Waals surface area contributed by atoms with Gasteiger partial charge in [0.05, 0.1) is 6.10 Å². The predicted molar refractivity (Wildman–Crippen MR) is 89.1 cm³/mol. The fourth-order valence-electron chi connectivity index (χ4n) is 2.09. The molecule has 0 aliphatic heterocycles. The zero-order valence-electron chi connectivity index (χ0n) is 12.7. The van der Waals surface area contributed by atoms with Crippen LogP contribution >= 0.6 is 11.3 Å². The highest BCUT2D eigenvalue weighted by Gasteiger charge is 2.15. The van der Waals surface area contributed by atoms with Crippen LogP contribution in [0.3, 0.4) is 0 Å². The lowest BCUT2D eigenvalue weighted by molar-refractivity contribution is 0.155. The fourth-order valence-corrected chi connectivity index (χ4v) is 2.84. The molecule has 5 nitrogen and oxygen atoms in total. The Bertz CT molecular complexity index is 600. The molecule has 0 radical (unpaired) electrons. The number of aryl methyl sites for hydroxylation is 1. The Labute approximate surface area is 134 Å². The Morgan fingerprint density at radius 2 is 2.09 bits per heavy atom. The van der Waals surface area contributed by atoms with Crippen LogP contribution in [0.2, 0.25) is 0 Å². The monoisotopic (exact) mass is 319 g/mol. The van der Waals surface area contributed by atoms with Gasteiger partial charge < -0.3 is 10.4 Å². The number of benzene rings is 1. The van der Waals surface area contributed by atoms with Crippen molar-refractivity contribution in [3.05, 3.63) is 47.0 Å². The molecule has 1 aromatic heterocycles. The number of rotatable bonds is 6. The van der Waals surface area contributed by atoms with Crippen molar-refractivity contribution in [1.82, 2.24) is 10.3 Å². The molecule has 22 heavy (non-hydrogen) atoms. The highest BCUT2D eigenvalue weighted by molar-refractivity contribution is 7.15. The van der Waals surface area contributed by atoms with E-state index in [0.717, 1.165) is 16.9 Å². The molecule has 2 atom stereocenters. The number of aromatic nitrogens is 1. The van der Waals surface area contributed by atoms with Crippen molar-refractivity contribution in [3.8, 4) is 0 Å². The molecule has 6 heteroatoms. The Hall–Kier alpha value is -1.92.